The van der Waals surface area contributed by atoms with E-state index >= 15 is 0 Å². The van der Waals surface area contributed by atoms with E-state index < -0.39 is 9.84 Å². The van der Waals surface area contributed by atoms with Crippen LogP contribution in [0.3, 0.4) is 0 Å². The predicted molar refractivity (Wildman–Crippen MR) is 72.5 cm³/mol. The monoisotopic (exact) mass is 278 g/mol. The maximum Gasteiger partial charge on any atom is 0.158 e. The average Bonchev–Trinajstić information content (AvgIpc) is 2.27. The van der Waals surface area contributed by atoms with Gasteiger partial charge in [0.05, 0.1) is 11.5 Å². The Morgan fingerprint density at radius 3 is 1.58 bits per heavy atom. The number of sulfone groups is 1. The van der Waals surface area contributed by atoms with Gasteiger partial charge < -0.3 is 10.2 Å². The molecule has 0 bridgehead atoms. The van der Waals surface area contributed by atoms with Crippen LogP contribution in [0, 0.1) is 0 Å². The summed E-state index contributed by atoms with van der Waals surface area (Å²) in [5.74, 6) is -0.191. The molecule has 0 spiro atoms. The molecule has 2 aromatic rings. The molecule has 0 aliphatic carbocycles. The molecule has 0 fully saturated rings. The summed E-state index contributed by atoms with van der Waals surface area (Å²) in [5, 5.41) is 18.6. The van der Waals surface area contributed by atoms with E-state index in [1.165, 1.54) is 24.3 Å². The van der Waals surface area contributed by atoms with Crippen LogP contribution in [0.5, 0.6) is 11.5 Å². The Morgan fingerprint density at radius 2 is 1.21 bits per heavy atom. The van der Waals surface area contributed by atoms with Crippen LogP contribution >= 0.6 is 0 Å². The lowest BCUT2D eigenvalue weighted by atomic mass is 10.2. The van der Waals surface area contributed by atoms with Crippen molar-refractivity contribution in [2.75, 3.05) is 0 Å². The number of hydrogen-bond donors (Lipinski definition) is 2. The zero-order valence-electron chi connectivity index (χ0n) is 10.2. The van der Waals surface area contributed by atoms with E-state index in [1.54, 1.807) is 24.3 Å². The molecule has 0 heterocycles. The Balaban J connectivity index is 2.15. The summed E-state index contributed by atoms with van der Waals surface area (Å²) < 4.78 is 24.1. The first-order chi connectivity index (χ1) is 8.94. The van der Waals surface area contributed by atoms with E-state index in [-0.39, 0.29) is 23.0 Å². The molecule has 5 heteroatoms. The van der Waals surface area contributed by atoms with Gasteiger partial charge in [0, 0.05) is 0 Å². The first-order valence-corrected chi connectivity index (χ1v) is 7.53. The highest BCUT2D eigenvalue weighted by Gasteiger charge is 2.13. The molecule has 0 aromatic heterocycles. The zero-order valence-corrected chi connectivity index (χ0v) is 11.0. The predicted octanol–water partition coefficient (Wildman–Crippen LogP) is 2.21. The molecule has 19 heavy (non-hydrogen) atoms. The van der Waals surface area contributed by atoms with Crippen molar-refractivity contribution in [3.05, 3.63) is 59.7 Å². The number of phenols is 2. The lowest BCUT2D eigenvalue weighted by molar-refractivity contribution is 0.474. The summed E-state index contributed by atoms with van der Waals surface area (Å²) >= 11 is 0. The van der Waals surface area contributed by atoms with Crippen molar-refractivity contribution in [3.63, 3.8) is 0 Å². The Bertz CT molecular complexity index is 624. The normalized spacial score (nSPS) is 11.4. The van der Waals surface area contributed by atoms with Gasteiger partial charge in [0.2, 0.25) is 0 Å². The molecule has 2 N–H and O–H groups in total. The molecule has 0 amide bonds. The number of phenolic OH excluding ortho intramolecular Hbond substituents is 2. The molecule has 0 saturated carbocycles. The second-order valence-electron chi connectivity index (χ2n) is 4.37. The van der Waals surface area contributed by atoms with E-state index in [9.17, 15) is 18.6 Å². The van der Waals surface area contributed by atoms with Crippen LogP contribution in [0.4, 0.5) is 0 Å². The minimum atomic E-state index is -3.34. The number of rotatable bonds is 4. The first kappa shape index (κ1) is 13.4. The molecular weight excluding hydrogens is 264 g/mol. The van der Waals surface area contributed by atoms with Gasteiger partial charge in [0.1, 0.15) is 11.5 Å². The van der Waals surface area contributed by atoms with Crippen molar-refractivity contribution in [1.29, 1.82) is 0 Å². The summed E-state index contributed by atoms with van der Waals surface area (Å²) in [7, 11) is -3.34. The summed E-state index contributed by atoms with van der Waals surface area (Å²) in [6, 6.07) is 12.4. The second-order valence-corrected chi connectivity index (χ2v) is 6.44. The maximum atomic E-state index is 12.0. The molecular formula is C14H14O4S. The molecule has 0 radical (unpaired) electrons. The van der Waals surface area contributed by atoms with E-state index in [0.29, 0.717) is 11.1 Å². The highest BCUT2D eigenvalue weighted by molar-refractivity contribution is 7.89. The van der Waals surface area contributed by atoms with Crippen LogP contribution in [-0.2, 0) is 21.3 Å². The minimum Gasteiger partial charge on any atom is -0.508 e. The summed E-state index contributed by atoms with van der Waals surface area (Å²) in [5.41, 5.74) is 1.08. The van der Waals surface area contributed by atoms with Crippen molar-refractivity contribution in [2.24, 2.45) is 0 Å². The third-order valence-electron chi connectivity index (χ3n) is 2.59. The fourth-order valence-electron chi connectivity index (χ4n) is 1.85. The van der Waals surface area contributed by atoms with Crippen LogP contribution in [0.1, 0.15) is 11.1 Å². The fraction of sp³-hybridized carbons (Fsp3) is 0.143. The van der Waals surface area contributed by atoms with Gasteiger partial charge in [-0.25, -0.2) is 8.42 Å². The summed E-state index contributed by atoms with van der Waals surface area (Å²) in [4.78, 5) is 0. The van der Waals surface area contributed by atoms with Crippen LogP contribution in [-0.4, -0.2) is 18.6 Å². The van der Waals surface area contributed by atoms with E-state index in [1.807, 2.05) is 0 Å². The van der Waals surface area contributed by atoms with Gasteiger partial charge in [0.25, 0.3) is 0 Å². The van der Waals surface area contributed by atoms with Gasteiger partial charge in [0.15, 0.2) is 9.84 Å². The largest absolute Gasteiger partial charge is 0.508 e. The number of hydrogen-bond acceptors (Lipinski definition) is 4. The molecule has 0 aliphatic rings. The highest BCUT2D eigenvalue weighted by Crippen LogP contribution is 2.18. The minimum absolute atomic E-state index is 0.0463. The highest BCUT2D eigenvalue weighted by atomic mass is 32.2. The third-order valence-corrected chi connectivity index (χ3v) is 4.14. The molecule has 100 valence electrons. The van der Waals surface area contributed by atoms with Crippen molar-refractivity contribution in [2.45, 2.75) is 11.5 Å². The van der Waals surface area contributed by atoms with Gasteiger partial charge >= 0.3 is 0 Å². The standard InChI is InChI=1S/C14H14O4S/c15-13-5-1-3-11(7-13)9-19(17,18)10-12-4-2-6-14(16)8-12/h1-8,15-16H,9-10H2. The molecule has 4 nitrogen and oxygen atoms in total. The SMILES string of the molecule is O=S(=O)(Cc1cccc(O)c1)Cc1cccc(O)c1. The van der Waals surface area contributed by atoms with E-state index in [0.717, 1.165) is 0 Å². The molecule has 0 aliphatic heterocycles. The van der Waals surface area contributed by atoms with Crippen molar-refractivity contribution in [3.8, 4) is 11.5 Å². The Hall–Kier alpha value is -2.01. The van der Waals surface area contributed by atoms with Gasteiger partial charge in [-0.2, -0.15) is 0 Å². The second kappa shape index (κ2) is 5.32. The number of aromatic hydroxyl groups is 2. The molecule has 2 rings (SSSR count). The van der Waals surface area contributed by atoms with Crippen LogP contribution in [0.2, 0.25) is 0 Å². The first-order valence-electron chi connectivity index (χ1n) is 5.71. The molecule has 0 unspecified atom stereocenters. The topological polar surface area (TPSA) is 74.6 Å². The number of benzene rings is 2. The lowest BCUT2D eigenvalue weighted by Crippen LogP contribution is -2.07. The molecule has 2 aromatic carbocycles. The van der Waals surface area contributed by atoms with Gasteiger partial charge in [-0.15, -0.1) is 0 Å². The average molecular weight is 278 g/mol. The smallest absolute Gasteiger partial charge is 0.158 e. The van der Waals surface area contributed by atoms with Crippen molar-refractivity contribution >= 4 is 9.84 Å². The van der Waals surface area contributed by atoms with Crippen LogP contribution in [0.15, 0.2) is 48.5 Å². The van der Waals surface area contributed by atoms with Crippen molar-refractivity contribution < 1.29 is 18.6 Å². The van der Waals surface area contributed by atoms with Gasteiger partial charge in [-0.3, -0.25) is 0 Å². The third kappa shape index (κ3) is 3.99. The van der Waals surface area contributed by atoms with E-state index in [2.05, 4.69) is 0 Å². The van der Waals surface area contributed by atoms with Crippen LogP contribution in [0.25, 0.3) is 0 Å². The van der Waals surface area contributed by atoms with Crippen molar-refractivity contribution in [1.82, 2.24) is 0 Å². The Kier molecular flexibility index (Phi) is 3.76. The maximum absolute atomic E-state index is 12.0. The fourth-order valence-corrected chi connectivity index (χ4v) is 3.33. The Morgan fingerprint density at radius 1 is 0.789 bits per heavy atom. The Labute approximate surface area is 111 Å². The quantitative estimate of drug-likeness (QED) is 0.899. The molecule has 0 saturated heterocycles. The summed E-state index contributed by atoms with van der Waals surface area (Å²) in [6.07, 6.45) is 0. The van der Waals surface area contributed by atoms with E-state index in [4.69, 9.17) is 0 Å². The zero-order chi connectivity index (χ0) is 13.9. The van der Waals surface area contributed by atoms with Crippen LogP contribution < -0.4 is 0 Å². The van der Waals surface area contributed by atoms with Gasteiger partial charge in [-0.1, -0.05) is 24.3 Å². The van der Waals surface area contributed by atoms with Gasteiger partial charge in [-0.05, 0) is 35.4 Å². The molecule has 0 atom stereocenters. The lowest BCUT2D eigenvalue weighted by Gasteiger charge is -2.05. The summed E-state index contributed by atoms with van der Waals surface area (Å²) in [6.45, 7) is 0.